The number of ether oxygens (including phenoxy) is 1. The van der Waals surface area contributed by atoms with Gasteiger partial charge in [-0.15, -0.1) is 0 Å². The highest BCUT2D eigenvalue weighted by Gasteiger charge is 2.20. The van der Waals surface area contributed by atoms with Crippen molar-refractivity contribution >= 4 is 17.7 Å². The highest BCUT2D eigenvalue weighted by molar-refractivity contribution is 5.92. The minimum absolute atomic E-state index is 0.0860. The van der Waals surface area contributed by atoms with Crippen molar-refractivity contribution in [2.45, 2.75) is 26.7 Å². The highest BCUT2D eigenvalue weighted by Crippen LogP contribution is 2.18. The van der Waals surface area contributed by atoms with E-state index >= 15 is 0 Å². The van der Waals surface area contributed by atoms with E-state index < -0.39 is 0 Å². The van der Waals surface area contributed by atoms with Gasteiger partial charge in [-0.3, -0.25) is 4.79 Å². The van der Waals surface area contributed by atoms with E-state index in [0.29, 0.717) is 19.7 Å². The Hall–Kier alpha value is -2.04. The van der Waals surface area contributed by atoms with Crippen molar-refractivity contribution in [1.82, 2.24) is 4.90 Å². The molecule has 2 amide bonds. The summed E-state index contributed by atoms with van der Waals surface area (Å²) >= 11 is 0. The molecule has 0 saturated carbocycles. The molecule has 20 heavy (non-hydrogen) atoms. The Morgan fingerprint density at radius 1 is 1.40 bits per heavy atom. The number of amides is 2. The molecule has 0 unspecified atom stereocenters. The summed E-state index contributed by atoms with van der Waals surface area (Å²) in [6, 6.07) is 5.81. The van der Waals surface area contributed by atoms with Crippen LogP contribution in [0.1, 0.15) is 24.0 Å². The zero-order valence-corrected chi connectivity index (χ0v) is 11.9. The molecule has 1 N–H and O–H groups in total. The number of cyclic esters (lactones) is 1. The Kier molecular flexibility index (Phi) is 4.61. The number of rotatable bonds is 4. The van der Waals surface area contributed by atoms with E-state index in [4.69, 9.17) is 4.74 Å². The van der Waals surface area contributed by atoms with Gasteiger partial charge in [0.2, 0.25) is 5.91 Å². The van der Waals surface area contributed by atoms with Crippen LogP contribution in [0.3, 0.4) is 0 Å². The largest absolute Gasteiger partial charge is 0.449 e. The number of carbonyl (C=O) groups is 2. The fourth-order valence-electron chi connectivity index (χ4n) is 2.14. The van der Waals surface area contributed by atoms with E-state index in [1.54, 1.807) is 4.90 Å². The molecule has 108 valence electrons. The normalized spacial score (nSPS) is 14.9. The van der Waals surface area contributed by atoms with Crippen molar-refractivity contribution in [2.24, 2.45) is 0 Å². The predicted molar refractivity (Wildman–Crippen MR) is 76.7 cm³/mol. The first-order chi connectivity index (χ1) is 9.58. The molecule has 0 bridgehead atoms. The minimum Gasteiger partial charge on any atom is -0.449 e. The third kappa shape index (κ3) is 3.50. The molecule has 1 aromatic rings. The monoisotopic (exact) mass is 276 g/mol. The van der Waals surface area contributed by atoms with Gasteiger partial charge in [-0.05, 0) is 37.5 Å². The second kappa shape index (κ2) is 6.41. The first-order valence-electron chi connectivity index (χ1n) is 6.85. The Morgan fingerprint density at radius 2 is 2.20 bits per heavy atom. The lowest BCUT2D eigenvalue weighted by molar-refractivity contribution is -0.116. The number of nitrogens with one attached hydrogen (secondary N) is 1. The lowest BCUT2D eigenvalue weighted by atomic mass is 10.1. The standard InChI is InChI=1S/C15H20N2O3/c1-11-5-3-6-13(12(11)2)16-14(18)7-9-17-8-4-10-20-15(17)19/h3,5-6H,4,7-10H2,1-2H3,(H,16,18). The van der Waals surface area contributed by atoms with Crippen LogP contribution in [-0.4, -0.2) is 36.6 Å². The van der Waals surface area contributed by atoms with Crippen molar-refractivity contribution in [2.75, 3.05) is 25.0 Å². The summed E-state index contributed by atoms with van der Waals surface area (Å²) in [5.41, 5.74) is 3.04. The Bertz CT molecular complexity index is 514. The smallest absolute Gasteiger partial charge is 0.409 e. The van der Waals surface area contributed by atoms with Crippen molar-refractivity contribution in [3.63, 3.8) is 0 Å². The number of nitrogens with zero attached hydrogens (tertiary/aromatic N) is 1. The van der Waals surface area contributed by atoms with E-state index in [2.05, 4.69) is 5.32 Å². The third-order valence-electron chi connectivity index (χ3n) is 3.54. The van der Waals surface area contributed by atoms with Crippen LogP contribution < -0.4 is 5.32 Å². The molecule has 0 aromatic heterocycles. The van der Waals surface area contributed by atoms with Gasteiger partial charge < -0.3 is 15.0 Å². The molecule has 0 aliphatic carbocycles. The molecule has 0 atom stereocenters. The molecule has 0 spiro atoms. The first-order valence-corrected chi connectivity index (χ1v) is 6.85. The van der Waals surface area contributed by atoms with Gasteiger partial charge >= 0.3 is 6.09 Å². The summed E-state index contributed by atoms with van der Waals surface area (Å²) in [5.74, 6) is -0.0860. The number of anilines is 1. The summed E-state index contributed by atoms with van der Waals surface area (Å²) in [6.45, 7) is 5.52. The van der Waals surface area contributed by atoms with Crippen LogP contribution in [0.2, 0.25) is 0 Å². The van der Waals surface area contributed by atoms with E-state index in [0.717, 1.165) is 23.2 Å². The Labute approximate surface area is 118 Å². The number of benzene rings is 1. The minimum atomic E-state index is -0.323. The first kappa shape index (κ1) is 14.4. The molecule has 1 aromatic carbocycles. The molecule has 1 fully saturated rings. The lowest BCUT2D eigenvalue weighted by Gasteiger charge is -2.26. The number of carbonyl (C=O) groups excluding carboxylic acids is 2. The molecule has 5 heteroatoms. The summed E-state index contributed by atoms with van der Waals surface area (Å²) in [5, 5.41) is 2.89. The Morgan fingerprint density at radius 3 is 2.95 bits per heavy atom. The van der Waals surface area contributed by atoms with E-state index in [-0.39, 0.29) is 18.4 Å². The molecule has 5 nitrogen and oxygen atoms in total. The van der Waals surface area contributed by atoms with Crippen LogP contribution in [0.25, 0.3) is 0 Å². The van der Waals surface area contributed by atoms with E-state index in [1.165, 1.54) is 0 Å². The Balaban J connectivity index is 1.86. The van der Waals surface area contributed by atoms with Crippen LogP contribution >= 0.6 is 0 Å². The van der Waals surface area contributed by atoms with Gasteiger partial charge in [-0.1, -0.05) is 12.1 Å². The molecule has 1 heterocycles. The molecule has 1 aliphatic rings. The van der Waals surface area contributed by atoms with Gasteiger partial charge in [0.05, 0.1) is 6.61 Å². The summed E-state index contributed by atoms with van der Waals surface area (Å²) in [4.78, 5) is 24.9. The van der Waals surface area contributed by atoms with Gasteiger partial charge in [0.15, 0.2) is 0 Å². The maximum Gasteiger partial charge on any atom is 0.409 e. The number of hydrogen-bond acceptors (Lipinski definition) is 3. The van der Waals surface area contributed by atoms with Crippen LogP contribution in [0.5, 0.6) is 0 Å². The maximum atomic E-state index is 11.9. The van der Waals surface area contributed by atoms with E-state index in [9.17, 15) is 9.59 Å². The maximum absolute atomic E-state index is 11.9. The van der Waals surface area contributed by atoms with Crippen LogP contribution in [0.15, 0.2) is 18.2 Å². The van der Waals surface area contributed by atoms with Crippen molar-refractivity contribution in [3.05, 3.63) is 29.3 Å². The van der Waals surface area contributed by atoms with Crippen molar-refractivity contribution in [3.8, 4) is 0 Å². The fraction of sp³-hybridized carbons (Fsp3) is 0.467. The van der Waals surface area contributed by atoms with Crippen LogP contribution in [0.4, 0.5) is 10.5 Å². The molecular formula is C15H20N2O3. The lowest BCUT2D eigenvalue weighted by Crippen LogP contribution is -2.39. The zero-order chi connectivity index (χ0) is 14.5. The average molecular weight is 276 g/mol. The predicted octanol–water partition coefficient (Wildman–Crippen LogP) is 2.47. The van der Waals surface area contributed by atoms with Gasteiger partial charge in [0, 0.05) is 25.2 Å². The topological polar surface area (TPSA) is 58.6 Å². The van der Waals surface area contributed by atoms with Gasteiger partial charge in [0.1, 0.15) is 0 Å². The van der Waals surface area contributed by atoms with Crippen LogP contribution in [0, 0.1) is 13.8 Å². The fourth-order valence-corrected chi connectivity index (χ4v) is 2.14. The molecular weight excluding hydrogens is 256 g/mol. The summed E-state index contributed by atoms with van der Waals surface area (Å²) < 4.78 is 4.93. The highest BCUT2D eigenvalue weighted by atomic mass is 16.6. The summed E-state index contributed by atoms with van der Waals surface area (Å²) in [6.07, 6.45) is 0.781. The second-order valence-corrected chi connectivity index (χ2v) is 5.00. The molecule has 0 radical (unpaired) electrons. The van der Waals surface area contributed by atoms with Crippen LogP contribution in [-0.2, 0) is 9.53 Å². The third-order valence-corrected chi connectivity index (χ3v) is 3.54. The number of hydrogen-bond donors (Lipinski definition) is 1. The van der Waals surface area contributed by atoms with Crippen molar-refractivity contribution < 1.29 is 14.3 Å². The number of aryl methyl sites for hydroxylation is 1. The summed E-state index contributed by atoms with van der Waals surface area (Å²) in [7, 11) is 0. The second-order valence-electron chi connectivity index (χ2n) is 5.00. The van der Waals surface area contributed by atoms with Gasteiger partial charge in [0.25, 0.3) is 0 Å². The molecule has 1 aliphatic heterocycles. The zero-order valence-electron chi connectivity index (χ0n) is 11.9. The quantitative estimate of drug-likeness (QED) is 0.919. The van der Waals surface area contributed by atoms with Gasteiger partial charge in [-0.2, -0.15) is 0 Å². The molecule has 1 saturated heterocycles. The SMILES string of the molecule is Cc1cccc(NC(=O)CCN2CCCOC2=O)c1C. The average Bonchev–Trinajstić information content (AvgIpc) is 2.43. The van der Waals surface area contributed by atoms with Gasteiger partial charge in [-0.25, -0.2) is 4.79 Å². The van der Waals surface area contributed by atoms with Crippen molar-refractivity contribution in [1.29, 1.82) is 0 Å². The molecule has 2 rings (SSSR count). The van der Waals surface area contributed by atoms with E-state index in [1.807, 2.05) is 32.0 Å².